The lowest BCUT2D eigenvalue weighted by Crippen LogP contribution is -2.24. The van der Waals surface area contributed by atoms with E-state index < -0.39 is 0 Å². The third kappa shape index (κ3) is 3.06. The molecular weight excluding hydrogens is 272 g/mol. The van der Waals surface area contributed by atoms with E-state index in [4.69, 9.17) is 16.9 Å². The van der Waals surface area contributed by atoms with Crippen molar-refractivity contribution in [2.24, 2.45) is 0 Å². The van der Waals surface area contributed by atoms with Crippen LogP contribution in [0.25, 0.3) is 0 Å². The Morgan fingerprint density at radius 1 is 1.30 bits per heavy atom. The Hall–Kier alpha value is -2.12. The zero-order valence-corrected chi connectivity index (χ0v) is 12.4. The lowest BCUT2D eigenvalue weighted by atomic mass is 10.1. The van der Waals surface area contributed by atoms with Crippen LogP contribution >= 0.6 is 11.6 Å². The Morgan fingerprint density at radius 2 is 2.05 bits per heavy atom. The van der Waals surface area contributed by atoms with Gasteiger partial charge in [-0.2, -0.15) is 5.26 Å². The van der Waals surface area contributed by atoms with E-state index >= 15 is 0 Å². The lowest BCUT2D eigenvalue weighted by Gasteiger charge is -2.25. The summed E-state index contributed by atoms with van der Waals surface area (Å²) in [5.41, 5.74) is 2.22. The maximum atomic E-state index is 8.98. The molecule has 0 aliphatic carbocycles. The Labute approximate surface area is 123 Å². The summed E-state index contributed by atoms with van der Waals surface area (Å²) in [6.07, 6.45) is 0. The molecule has 102 valence electrons. The molecule has 0 fully saturated rings. The van der Waals surface area contributed by atoms with Crippen molar-refractivity contribution in [3.63, 3.8) is 0 Å². The van der Waals surface area contributed by atoms with Crippen molar-refractivity contribution in [2.75, 3.05) is 11.9 Å². The second-order valence-corrected chi connectivity index (χ2v) is 5.08. The van der Waals surface area contributed by atoms with Crippen molar-refractivity contribution in [2.45, 2.75) is 19.9 Å². The van der Waals surface area contributed by atoms with E-state index in [9.17, 15) is 0 Å². The van der Waals surface area contributed by atoms with E-state index in [1.807, 2.05) is 50.1 Å². The highest BCUT2D eigenvalue weighted by Crippen LogP contribution is 2.24. The number of aryl methyl sites for hydroxylation is 1. The van der Waals surface area contributed by atoms with Crippen LogP contribution in [-0.2, 0) is 0 Å². The molecule has 0 N–H and O–H groups in total. The Bertz CT molecular complexity index is 663. The molecular formula is C15H15ClN4. The van der Waals surface area contributed by atoms with Crippen LogP contribution in [0.1, 0.15) is 29.9 Å². The van der Waals surface area contributed by atoms with E-state index in [0.29, 0.717) is 16.7 Å². The molecule has 1 aromatic heterocycles. The van der Waals surface area contributed by atoms with Gasteiger partial charge in [0.1, 0.15) is 11.8 Å². The molecule has 0 saturated heterocycles. The molecule has 1 aromatic carbocycles. The maximum absolute atomic E-state index is 8.98. The number of aromatic nitrogens is 2. The second kappa shape index (κ2) is 5.89. The largest absolute Gasteiger partial charge is 0.337 e. The summed E-state index contributed by atoms with van der Waals surface area (Å²) in [7, 11) is 1.90. The fourth-order valence-electron chi connectivity index (χ4n) is 1.93. The van der Waals surface area contributed by atoms with Gasteiger partial charge in [0.05, 0.1) is 6.04 Å². The Morgan fingerprint density at radius 3 is 2.70 bits per heavy atom. The van der Waals surface area contributed by atoms with E-state index in [2.05, 4.69) is 16.0 Å². The summed E-state index contributed by atoms with van der Waals surface area (Å²) in [5, 5.41) is 9.68. The van der Waals surface area contributed by atoms with Gasteiger partial charge < -0.3 is 4.90 Å². The first kappa shape index (κ1) is 14.3. The van der Waals surface area contributed by atoms with Crippen LogP contribution in [0.3, 0.4) is 0 Å². The minimum atomic E-state index is 0.0574. The molecule has 0 aliphatic rings. The smallest absolute Gasteiger partial charge is 0.227 e. The summed E-state index contributed by atoms with van der Waals surface area (Å²) in [6, 6.07) is 11.5. The van der Waals surface area contributed by atoms with Gasteiger partial charge in [-0.05, 0) is 37.6 Å². The fourth-order valence-corrected chi connectivity index (χ4v) is 2.13. The number of benzene rings is 1. The average molecular weight is 287 g/mol. The van der Waals surface area contributed by atoms with Crippen LogP contribution in [0.15, 0.2) is 30.3 Å². The summed E-state index contributed by atoms with van der Waals surface area (Å²) in [4.78, 5) is 10.6. The van der Waals surface area contributed by atoms with E-state index in [0.717, 1.165) is 11.3 Å². The Kier molecular flexibility index (Phi) is 4.21. The van der Waals surface area contributed by atoms with Gasteiger partial charge in [-0.25, -0.2) is 9.97 Å². The van der Waals surface area contributed by atoms with Crippen LogP contribution < -0.4 is 4.90 Å². The highest BCUT2D eigenvalue weighted by atomic mass is 35.5. The number of anilines is 1. The van der Waals surface area contributed by atoms with Crippen molar-refractivity contribution < 1.29 is 0 Å². The van der Waals surface area contributed by atoms with Gasteiger partial charge >= 0.3 is 0 Å². The summed E-state index contributed by atoms with van der Waals surface area (Å²) in [5.74, 6) is 0.536. The molecule has 0 radical (unpaired) electrons. The standard InChI is InChI=1S/C15H15ClN4/c1-10-7-14(9-17)19-15(18-10)20(3)11(2)12-5-4-6-13(16)8-12/h4-8,11H,1-3H3. The van der Waals surface area contributed by atoms with Crippen molar-refractivity contribution >= 4 is 17.5 Å². The Balaban J connectivity index is 2.33. The van der Waals surface area contributed by atoms with E-state index in [1.165, 1.54) is 0 Å². The zero-order valence-electron chi connectivity index (χ0n) is 11.6. The van der Waals surface area contributed by atoms with Gasteiger partial charge in [-0.15, -0.1) is 0 Å². The minimum absolute atomic E-state index is 0.0574. The molecule has 2 aromatic rings. The monoisotopic (exact) mass is 286 g/mol. The fraction of sp³-hybridized carbons (Fsp3) is 0.267. The van der Waals surface area contributed by atoms with Crippen molar-refractivity contribution in [1.82, 2.24) is 9.97 Å². The highest BCUT2D eigenvalue weighted by molar-refractivity contribution is 6.30. The summed E-state index contributed by atoms with van der Waals surface area (Å²) < 4.78 is 0. The van der Waals surface area contributed by atoms with Crippen molar-refractivity contribution in [3.05, 3.63) is 52.3 Å². The van der Waals surface area contributed by atoms with Gasteiger partial charge in [-0.3, -0.25) is 0 Å². The van der Waals surface area contributed by atoms with Crippen LogP contribution in [0.4, 0.5) is 5.95 Å². The van der Waals surface area contributed by atoms with E-state index in [1.54, 1.807) is 6.07 Å². The van der Waals surface area contributed by atoms with Crippen molar-refractivity contribution in [3.8, 4) is 6.07 Å². The topological polar surface area (TPSA) is 52.8 Å². The molecule has 0 spiro atoms. The van der Waals surface area contributed by atoms with Gasteiger partial charge in [-0.1, -0.05) is 23.7 Å². The van der Waals surface area contributed by atoms with Gasteiger partial charge in [0.2, 0.25) is 5.95 Å². The average Bonchev–Trinajstić information content (AvgIpc) is 2.45. The highest BCUT2D eigenvalue weighted by Gasteiger charge is 2.16. The van der Waals surface area contributed by atoms with Gasteiger partial charge in [0.15, 0.2) is 0 Å². The van der Waals surface area contributed by atoms with Crippen molar-refractivity contribution in [1.29, 1.82) is 5.26 Å². The predicted molar refractivity (Wildman–Crippen MR) is 79.8 cm³/mol. The summed E-state index contributed by atoms with van der Waals surface area (Å²) >= 11 is 6.02. The SMILES string of the molecule is Cc1cc(C#N)nc(N(C)C(C)c2cccc(Cl)c2)n1. The molecule has 0 saturated carbocycles. The molecule has 0 aliphatic heterocycles. The second-order valence-electron chi connectivity index (χ2n) is 4.65. The quantitative estimate of drug-likeness (QED) is 0.866. The number of nitriles is 1. The predicted octanol–water partition coefficient (Wildman–Crippen LogP) is 3.51. The minimum Gasteiger partial charge on any atom is -0.337 e. The van der Waals surface area contributed by atoms with Crippen LogP contribution in [-0.4, -0.2) is 17.0 Å². The summed E-state index contributed by atoms with van der Waals surface area (Å²) in [6.45, 7) is 3.90. The molecule has 5 heteroatoms. The molecule has 20 heavy (non-hydrogen) atoms. The number of hydrogen-bond acceptors (Lipinski definition) is 4. The molecule has 0 bridgehead atoms. The molecule has 1 heterocycles. The van der Waals surface area contributed by atoms with Gasteiger partial charge in [0, 0.05) is 17.8 Å². The number of rotatable bonds is 3. The molecule has 1 atom stereocenters. The molecule has 2 rings (SSSR count). The number of hydrogen-bond donors (Lipinski definition) is 0. The van der Waals surface area contributed by atoms with Crippen LogP contribution in [0.2, 0.25) is 5.02 Å². The third-order valence-corrected chi connectivity index (χ3v) is 3.42. The van der Waals surface area contributed by atoms with Crippen LogP contribution in [0.5, 0.6) is 0 Å². The lowest BCUT2D eigenvalue weighted by molar-refractivity contribution is 0.712. The third-order valence-electron chi connectivity index (χ3n) is 3.18. The zero-order chi connectivity index (χ0) is 14.7. The molecule has 1 unspecified atom stereocenters. The molecule has 0 amide bonds. The van der Waals surface area contributed by atoms with Crippen LogP contribution in [0, 0.1) is 18.3 Å². The normalized spacial score (nSPS) is 11.8. The number of halogens is 1. The van der Waals surface area contributed by atoms with Gasteiger partial charge in [0.25, 0.3) is 0 Å². The first-order valence-corrected chi connectivity index (χ1v) is 6.63. The first-order chi connectivity index (χ1) is 9.51. The first-order valence-electron chi connectivity index (χ1n) is 6.25. The maximum Gasteiger partial charge on any atom is 0.227 e. The molecule has 4 nitrogen and oxygen atoms in total. The van der Waals surface area contributed by atoms with E-state index in [-0.39, 0.29) is 6.04 Å². The number of nitrogens with zero attached hydrogens (tertiary/aromatic N) is 4.